The number of aromatic nitrogens is 1. The van der Waals surface area contributed by atoms with E-state index in [2.05, 4.69) is 16.9 Å². The maximum atomic E-state index is 14.3. The van der Waals surface area contributed by atoms with Gasteiger partial charge in [0.2, 0.25) is 5.91 Å². The third-order valence-electron chi connectivity index (χ3n) is 11.4. The van der Waals surface area contributed by atoms with E-state index in [0.29, 0.717) is 40.1 Å². The molecule has 318 valence electrons. The number of nitrogens with zero attached hydrogens (tertiary/aromatic N) is 3. The molecule has 0 aliphatic carbocycles. The molecule has 59 heavy (non-hydrogen) atoms. The lowest BCUT2D eigenvalue weighted by molar-refractivity contribution is -0.158. The second-order valence-corrected chi connectivity index (χ2v) is 15.8. The lowest BCUT2D eigenvalue weighted by atomic mass is 9.83. The summed E-state index contributed by atoms with van der Waals surface area (Å²) in [5.74, 6) is -1.55. The van der Waals surface area contributed by atoms with Crippen molar-refractivity contribution in [2.24, 2.45) is 5.92 Å². The Morgan fingerprint density at radius 1 is 1.17 bits per heavy atom. The van der Waals surface area contributed by atoms with Gasteiger partial charge in [0.1, 0.15) is 46.5 Å². The van der Waals surface area contributed by atoms with Crippen LogP contribution in [-0.4, -0.2) is 109 Å². The zero-order valence-corrected chi connectivity index (χ0v) is 35.7. The molecule has 0 unspecified atom stereocenters. The third-order valence-corrected chi connectivity index (χ3v) is 11.8. The van der Waals surface area contributed by atoms with Gasteiger partial charge >= 0.3 is 12.1 Å². The van der Waals surface area contributed by atoms with Crippen LogP contribution in [-0.2, 0) is 35.0 Å². The summed E-state index contributed by atoms with van der Waals surface area (Å²) in [5, 5.41) is 14.7. The highest BCUT2D eigenvalue weighted by molar-refractivity contribution is 6.35. The summed E-state index contributed by atoms with van der Waals surface area (Å²) in [6, 6.07) is 10.8. The van der Waals surface area contributed by atoms with Crippen molar-refractivity contribution in [1.82, 2.24) is 15.2 Å². The van der Waals surface area contributed by atoms with Crippen molar-refractivity contribution in [2.75, 3.05) is 38.9 Å². The molecule has 15 nitrogen and oxygen atoms in total. The molecule has 0 spiro atoms. The fourth-order valence-corrected chi connectivity index (χ4v) is 7.74. The number of rotatable bonds is 16. The van der Waals surface area contributed by atoms with Crippen molar-refractivity contribution in [3.05, 3.63) is 82.9 Å². The molecule has 1 aromatic heterocycles. The number of nitrogens with two attached hydrogens (primary N) is 1. The number of hydrogen-bond acceptors (Lipinski definition) is 12. The van der Waals surface area contributed by atoms with Crippen LogP contribution < -0.4 is 20.7 Å². The Hall–Kier alpha value is -5.22. The number of aliphatic hydroxyl groups is 1. The maximum absolute atomic E-state index is 14.3. The van der Waals surface area contributed by atoms with Gasteiger partial charge in [-0.1, -0.05) is 36.2 Å². The lowest BCUT2D eigenvalue weighted by Gasteiger charge is -2.42. The van der Waals surface area contributed by atoms with Gasteiger partial charge < -0.3 is 44.3 Å². The average molecular weight is 836 g/mol. The van der Waals surface area contributed by atoms with E-state index in [1.807, 2.05) is 26.0 Å². The number of epoxide rings is 1. The zero-order valence-electron chi connectivity index (χ0n) is 34.9. The van der Waals surface area contributed by atoms with Crippen molar-refractivity contribution in [3.63, 3.8) is 0 Å². The number of hydrogen-bond donors (Lipinski definition) is 3. The number of carbonyl (C=O) groups excluding carboxylic acids is 4. The molecule has 4 N–H and O–H groups in total. The number of likely N-dealkylation sites (N-methyl/N-ethyl adjacent to an activating group) is 1. The average Bonchev–Trinajstić information content (AvgIpc) is 3.91. The van der Waals surface area contributed by atoms with Crippen molar-refractivity contribution < 1.29 is 48.0 Å². The number of halogens is 1. The molecule has 2 aromatic carbocycles. The second kappa shape index (κ2) is 18.0. The smallest absolute Gasteiger partial charge is 0.409 e. The second-order valence-electron chi connectivity index (χ2n) is 15.4. The number of nitrogens with one attached hydrogen (secondary N) is 1. The maximum Gasteiger partial charge on any atom is 0.409 e. The first-order valence-corrected chi connectivity index (χ1v) is 19.6. The van der Waals surface area contributed by atoms with Gasteiger partial charge in [0.25, 0.3) is 5.91 Å². The van der Waals surface area contributed by atoms with E-state index < -0.39 is 71.6 Å². The molecule has 0 bridgehead atoms. The summed E-state index contributed by atoms with van der Waals surface area (Å²) < 4.78 is 29.0. The predicted molar refractivity (Wildman–Crippen MR) is 223 cm³/mol. The van der Waals surface area contributed by atoms with E-state index in [-0.39, 0.29) is 17.9 Å². The summed E-state index contributed by atoms with van der Waals surface area (Å²) >= 11 is 6.77. The van der Waals surface area contributed by atoms with Crippen LogP contribution in [0, 0.1) is 5.92 Å². The number of benzene rings is 2. The topological polar surface area (TPSA) is 195 Å². The van der Waals surface area contributed by atoms with Gasteiger partial charge in [-0.3, -0.25) is 14.9 Å². The fourth-order valence-electron chi connectivity index (χ4n) is 7.43. The first-order chi connectivity index (χ1) is 27.8. The minimum absolute atomic E-state index is 0.0853. The molecule has 2 saturated heterocycles. The molecule has 0 saturated carbocycles. The first kappa shape index (κ1) is 44.9. The molecule has 2 aliphatic rings. The van der Waals surface area contributed by atoms with Crippen molar-refractivity contribution in [1.29, 1.82) is 0 Å². The van der Waals surface area contributed by atoms with Gasteiger partial charge in [0.05, 0.1) is 30.8 Å². The van der Waals surface area contributed by atoms with Crippen LogP contribution in [0.4, 0.5) is 16.3 Å². The number of esters is 1. The third kappa shape index (κ3) is 9.49. The Labute approximate surface area is 349 Å². The number of alkyl carbamates (subject to hydrolysis) is 1. The Balaban J connectivity index is 1.42. The highest BCUT2D eigenvalue weighted by Crippen LogP contribution is 2.49. The summed E-state index contributed by atoms with van der Waals surface area (Å²) in [5.41, 5.74) is 5.98. The molecule has 16 heteroatoms. The molecule has 8 atom stereocenters. The molecule has 3 heterocycles. The van der Waals surface area contributed by atoms with E-state index in [9.17, 15) is 24.3 Å². The van der Waals surface area contributed by atoms with Crippen molar-refractivity contribution in [2.45, 2.75) is 95.7 Å². The first-order valence-electron chi connectivity index (χ1n) is 19.2. The molecule has 0 radical (unpaired) electrons. The van der Waals surface area contributed by atoms with Gasteiger partial charge in [-0.25, -0.2) is 14.6 Å². The van der Waals surface area contributed by atoms with E-state index in [1.54, 1.807) is 57.3 Å². The highest BCUT2D eigenvalue weighted by Gasteiger charge is 2.64. The SMILES string of the molecule is C=C[C@@H](OC)[C@@]1(O)C[C@@H]([C@@H](C)[C@@H]2O[C@@]2(C)[C@H](CC(=O)N(C)c2cc(C/C(C)=C/C)cc(OC)c2Cl)OC(=O)[C@H](C)N(C)C(=O)c2ccc3nc(N)ccc3c2)OC(=O)N1. The van der Waals surface area contributed by atoms with E-state index in [4.69, 9.17) is 41.0 Å². The number of amides is 3. The molecule has 2 fully saturated rings. The number of anilines is 2. The van der Waals surface area contributed by atoms with Gasteiger partial charge in [0.15, 0.2) is 5.72 Å². The molecular formula is C43H54ClN5O10. The molecule has 3 amide bonds. The number of cyclic esters (lactones) is 1. The minimum Gasteiger partial charge on any atom is -0.495 e. The minimum atomic E-state index is -1.83. The zero-order chi connectivity index (χ0) is 43.6. The van der Waals surface area contributed by atoms with E-state index in [1.165, 1.54) is 44.1 Å². The molecule has 5 rings (SSSR count). The largest absolute Gasteiger partial charge is 0.495 e. The lowest BCUT2D eigenvalue weighted by Crippen LogP contribution is -2.63. The Morgan fingerprint density at radius 3 is 2.53 bits per heavy atom. The predicted octanol–water partition coefficient (Wildman–Crippen LogP) is 5.59. The monoisotopic (exact) mass is 835 g/mol. The Morgan fingerprint density at radius 2 is 1.88 bits per heavy atom. The fraction of sp³-hybridized carbons (Fsp3) is 0.465. The summed E-state index contributed by atoms with van der Waals surface area (Å²) in [7, 11) is 5.91. The van der Waals surface area contributed by atoms with Crippen molar-refractivity contribution >= 4 is 57.9 Å². The molecule has 2 aliphatic heterocycles. The van der Waals surface area contributed by atoms with Crippen LogP contribution in [0.2, 0.25) is 5.02 Å². The molecular weight excluding hydrogens is 782 g/mol. The summed E-state index contributed by atoms with van der Waals surface area (Å²) in [6.45, 7) is 12.6. The van der Waals surface area contributed by atoms with Gasteiger partial charge in [0, 0.05) is 44.5 Å². The van der Waals surface area contributed by atoms with Crippen LogP contribution in [0.3, 0.4) is 0 Å². The number of pyridine rings is 1. The van der Waals surface area contributed by atoms with Gasteiger partial charge in [-0.2, -0.15) is 0 Å². The molecule has 3 aromatic rings. The van der Waals surface area contributed by atoms with Crippen molar-refractivity contribution in [3.8, 4) is 5.75 Å². The van der Waals surface area contributed by atoms with Crippen LogP contribution in [0.1, 0.15) is 63.4 Å². The van der Waals surface area contributed by atoms with Crippen LogP contribution >= 0.6 is 11.6 Å². The Kier molecular flexibility index (Phi) is 13.7. The number of carbonyl (C=O) groups is 4. The number of nitrogen functional groups attached to an aromatic ring is 1. The van der Waals surface area contributed by atoms with Crippen LogP contribution in [0.5, 0.6) is 5.75 Å². The van der Waals surface area contributed by atoms with Gasteiger partial charge in [-0.15, -0.1) is 6.58 Å². The van der Waals surface area contributed by atoms with Gasteiger partial charge in [-0.05, 0) is 82.1 Å². The number of allylic oxidation sites excluding steroid dienone is 2. The standard InChI is InChI=1S/C43H54ClN5O10/c1-11-23(3)17-26-18-30(37(44)31(19-26)55-9)49(8)36(50)21-34(42(6)38(59-42)24(4)32-22-43(54,33(12-2)56-10)47-41(53)57-32)58-40(52)25(5)48(7)39(51)28-13-15-29-27(20-28)14-16-35(45)46-29/h11-16,18-20,24-25,32-34,38,54H,2,17,21-22H2,1,3-10H3,(H2,45,46)(H,47,53)/b23-11+/t24-,25+,32+,33-,34+,38+,42+,43+/m1/s1. The van der Waals surface area contributed by atoms with Crippen LogP contribution in [0.15, 0.2) is 66.8 Å². The highest BCUT2D eigenvalue weighted by atomic mass is 35.5. The quantitative estimate of drug-likeness (QED) is 0.0921. The van der Waals surface area contributed by atoms with Crippen LogP contribution in [0.25, 0.3) is 10.9 Å². The number of ether oxygens (including phenoxy) is 5. The van der Waals surface area contributed by atoms with E-state index in [0.717, 1.165) is 11.1 Å². The normalized spacial score (nSPS) is 23.5. The number of fused-ring (bicyclic) bond motifs is 1. The van der Waals surface area contributed by atoms with E-state index >= 15 is 0 Å². The summed E-state index contributed by atoms with van der Waals surface area (Å²) in [4.78, 5) is 61.6. The summed E-state index contributed by atoms with van der Waals surface area (Å²) in [6.07, 6.45) is -1.10. The Bertz CT molecular complexity index is 2150. The number of methoxy groups -OCH3 is 2.